The number of aryl methyl sites for hydroxylation is 1. The Hall–Kier alpha value is -3.34. The summed E-state index contributed by atoms with van der Waals surface area (Å²) in [5, 5.41) is 3.51. The van der Waals surface area contributed by atoms with Crippen molar-refractivity contribution in [1.29, 1.82) is 0 Å². The van der Waals surface area contributed by atoms with E-state index in [1.54, 1.807) is 13.3 Å². The summed E-state index contributed by atoms with van der Waals surface area (Å²) in [5.41, 5.74) is 4.69. The molecule has 5 nitrogen and oxygen atoms in total. The third-order valence-corrected chi connectivity index (χ3v) is 5.05. The molecule has 1 amide bonds. The van der Waals surface area contributed by atoms with Crippen molar-refractivity contribution >= 4 is 11.6 Å². The van der Waals surface area contributed by atoms with Crippen LogP contribution in [0.1, 0.15) is 40.3 Å². The van der Waals surface area contributed by atoms with Crippen LogP contribution in [0.2, 0.25) is 0 Å². The van der Waals surface area contributed by atoms with Gasteiger partial charge in [0.2, 0.25) is 0 Å². The highest BCUT2D eigenvalue weighted by atomic mass is 16.5. The van der Waals surface area contributed by atoms with Crippen molar-refractivity contribution in [3.05, 3.63) is 89.2 Å². The molecule has 0 unspecified atom stereocenters. The molecule has 4 rings (SSSR count). The first-order valence-corrected chi connectivity index (χ1v) is 9.44. The first-order valence-electron chi connectivity index (χ1n) is 9.44. The minimum Gasteiger partial charge on any atom is -0.497 e. The fourth-order valence-corrected chi connectivity index (χ4v) is 3.51. The minimum atomic E-state index is -0.307. The summed E-state index contributed by atoms with van der Waals surface area (Å²) in [4.78, 5) is 19.4. The van der Waals surface area contributed by atoms with Gasteiger partial charge in [0.15, 0.2) is 0 Å². The Morgan fingerprint density at radius 2 is 1.89 bits per heavy atom. The van der Waals surface area contributed by atoms with Crippen molar-refractivity contribution in [1.82, 2.24) is 9.88 Å². The third-order valence-electron chi connectivity index (χ3n) is 5.05. The third kappa shape index (κ3) is 3.43. The molecule has 3 aromatic rings. The Morgan fingerprint density at radius 3 is 2.64 bits per heavy atom. The van der Waals surface area contributed by atoms with Crippen LogP contribution in [0.25, 0.3) is 0 Å². The average Bonchev–Trinajstić information content (AvgIpc) is 3.00. The fraction of sp³-hybridized carbons (Fsp3) is 0.217. The predicted molar refractivity (Wildman–Crippen MR) is 109 cm³/mol. The molecular weight excluding hydrogens is 350 g/mol. The number of pyridine rings is 1. The van der Waals surface area contributed by atoms with E-state index >= 15 is 0 Å². The Bertz CT molecular complexity index is 985. The standard InChI is InChI=1S/C23H23N3O2/c1-3-16-6-4-7-18(14-16)25-22-21-20(8-5-13-24-21)23(27)26(22)15-17-9-11-19(28-2)12-10-17/h4-14,22,25H,3,15H2,1-2H3/t22-/m1/s1. The van der Waals surface area contributed by atoms with E-state index in [4.69, 9.17) is 4.74 Å². The summed E-state index contributed by atoms with van der Waals surface area (Å²) in [6, 6.07) is 19.7. The van der Waals surface area contributed by atoms with Gasteiger partial charge in [-0.05, 0) is 53.9 Å². The van der Waals surface area contributed by atoms with Gasteiger partial charge in [0, 0.05) is 18.4 Å². The molecule has 1 N–H and O–H groups in total. The number of methoxy groups -OCH3 is 1. The van der Waals surface area contributed by atoms with Crippen molar-refractivity contribution < 1.29 is 9.53 Å². The lowest BCUT2D eigenvalue weighted by molar-refractivity contribution is 0.0728. The normalized spacial score (nSPS) is 15.4. The number of nitrogens with zero attached hydrogens (tertiary/aromatic N) is 2. The molecule has 1 aliphatic heterocycles. The summed E-state index contributed by atoms with van der Waals surface area (Å²) in [5.74, 6) is 0.788. The van der Waals surface area contributed by atoms with E-state index in [2.05, 4.69) is 29.4 Å². The van der Waals surface area contributed by atoms with Gasteiger partial charge >= 0.3 is 0 Å². The van der Waals surface area contributed by atoms with Gasteiger partial charge in [-0.3, -0.25) is 9.78 Å². The van der Waals surface area contributed by atoms with Crippen molar-refractivity contribution in [2.24, 2.45) is 0 Å². The highest BCUT2D eigenvalue weighted by Gasteiger charge is 2.37. The summed E-state index contributed by atoms with van der Waals surface area (Å²) in [6.07, 6.45) is 2.39. The minimum absolute atomic E-state index is 0.0111. The van der Waals surface area contributed by atoms with E-state index in [9.17, 15) is 4.79 Å². The number of hydrogen-bond acceptors (Lipinski definition) is 4. The van der Waals surface area contributed by atoms with Gasteiger partial charge in [-0.15, -0.1) is 0 Å². The van der Waals surface area contributed by atoms with Gasteiger partial charge in [-0.25, -0.2) is 0 Å². The number of fused-ring (bicyclic) bond motifs is 1. The lowest BCUT2D eigenvalue weighted by Crippen LogP contribution is -2.32. The maximum atomic E-state index is 13.1. The van der Waals surface area contributed by atoms with Gasteiger partial charge in [-0.1, -0.05) is 31.2 Å². The second-order valence-corrected chi connectivity index (χ2v) is 6.82. The Labute approximate surface area is 165 Å². The number of ether oxygens (including phenoxy) is 1. The van der Waals surface area contributed by atoms with Crippen LogP contribution in [0.4, 0.5) is 5.69 Å². The molecular formula is C23H23N3O2. The van der Waals surface area contributed by atoms with E-state index in [0.717, 1.165) is 29.1 Å². The van der Waals surface area contributed by atoms with E-state index in [1.807, 2.05) is 53.4 Å². The van der Waals surface area contributed by atoms with Gasteiger partial charge in [0.25, 0.3) is 5.91 Å². The molecule has 0 spiro atoms. The first kappa shape index (κ1) is 18.0. The fourth-order valence-electron chi connectivity index (χ4n) is 3.51. The summed E-state index contributed by atoms with van der Waals surface area (Å²) in [6.45, 7) is 2.62. The molecule has 28 heavy (non-hydrogen) atoms. The van der Waals surface area contributed by atoms with Crippen LogP contribution in [0.15, 0.2) is 66.9 Å². The molecule has 2 heterocycles. The Kier molecular flexibility index (Phi) is 4.98. The number of benzene rings is 2. The highest BCUT2D eigenvalue weighted by molar-refractivity contribution is 5.98. The number of hydrogen-bond donors (Lipinski definition) is 1. The van der Waals surface area contributed by atoms with Crippen LogP contribution in [0.5, 0.6) is 5.75 Å². The van der Waals surface area contributed by atoms with Gasteiger partial charge < -0.3 is 15.0 Å². The number of anilines is 1. The van der Waals surface area contributed by atoms with Crippen LogP contribution in [-0.4, -0.2) is 22.9 Å². The second-order valence-electron chi connectivity index (χ2n) is 6.82. The van der Waals surface area contributed by atoms with Crippen molar-refractivity contribution in [3.8, 4) is 5.75 Å². The maximum Gasteiger partial charge on any atom is 0.258 e. The topological polar surface area (TPSA) is 54.5 Å². The number of carbonyl (C=O) groups is 1. The van der Waals surface area contributed by atoms with Gasteiger partial charge in [0.1, 0.15) is 11.9 Å². The smallest absolute Gasteiger partial charge is 0.258 e. The zero-order chi connectivity index (χ0) is 19.5. The van der Waals surface area contributed by atoms with E-state index in [-0.39, 0.29) is 12.1 Å². The molecule has 0 saturated carbocycles. The second kappa shape index (κ2) is 7.72. The molecule has 0 radical (unpaired) electrons. The SMILES string of the molecule is CCc1cccc(N[C@H]2c3ncccc3C(=O)N2Cc2ccc(OC)cc2)c1. The first-order chi connectivity index (χ1) is 13.7. The molecule has 1 aliphatic rings. The molecule has 1 atom stereocenters. The Morgan fingerprint density at radius 1 is 1.07 bits per heavy atom. The van der Waals surface area contributed by atoms with E-state index < -0.39 is 0 Å². The molecule has 142 valence electrons. The lowest BCUT2D eigenvalue weighted by Gasteiger charge is -2.27. The lowest BCUT2D eigenvalue weighted by atomic mass is 10.1. The molecule has 0 saturated heterocycles. The highest BCUT2D eigenvalue weighted by Crippen LogP contribution is 2.34. The number of rotatable bonds is 6. The molecule has 1 aromatic heterocycles. The van der Waals surface area contributed by atoms with Crippen molar-refractivity contribution in [2.75, 3.05) is 12.4 Å². The van der Waals surface area contributed by atoms with E-state index in [1.165, 1.54) is 5.56 Å². The van der Waals surface area contributed by atoms with Crippen molar-refractivity contribution in [3.63, 3.8) is 0 Å². The zero-order valence-electron chi connectivity index (χ0n) is 16.1. The number of nitrogens with one attached hydrogen (secondary N) is 1. The predicted octanol–water partition coefficient (Wildman–Crippen LogP) is 4.42. The van der Waals surface area contributed by atoms with Crippen LogP contribution in [0.3, 0.4) is 0 Å². The molecule has 5 heteroatoms. The molecule has 0 fully saturated rings. The molecule has 0 aliphatic carbocycles. The number of carbonyl (C=O) groups excluding carboxylic acids is 1. The van der Waals surface area contributed by atoms with E-state index in [0.29, 0.717) is 12.1 Å². The van der Waals surface area contributed by atoms with Gasteiger partial charge in [-0.2, -0.15) is 0 Å². The zero-order valence-corrected chi connectivity index (χ0v) is 16.1. The molecule has 2 aromatic carbocycles. The van der Waals surface area contributed by atoms with Crippen molar-refractivity contribution in [2.45, 2.75) is 26.1 Å². The summed E-state index contributed by atoms with van der Waals surface area (Å²) < 4.78 is 5.23. The van der Waals surface area contributed by atoms with Gasteiger partial charge in [0.05, 0.1) is 18.4 Å². The molecule has 0 bridgehead atoms. The number of aromatic nitrogens is 1. The average molecular weight is 373 g/mol. The van der Waals surface area contributed by atoms with Crippen LogP contribution in [0, 0.1) is 0 Å². The quantitative estimate of drug-likeness (QED) is 0.695. The maximum absolute atomic E-state index is 13.1. The Balaban J connectivity index is 1.65. The van der Waals surface area contributed by atoms with Crippen LogP contribution >= 0.6 is 0 Å². The monoisotopic (exact) mass is 373 g/mol. The van der Waals surface area contributed by atoms with Crippen LogP contribution in [-0.2, 0) is 13.0 Å². The summed E-state index contributed by atoms with van der Waals surface area (Å²) in [7, 11) is 1.64. The largest absolute Gasteiger partial charge is 0.497 e. The summed E-state index contributed by atoms with van der Waals surface area (Å²) >= 11 is 0. The number of amides is 1. The van der Waals surface area contributed by atoms with Crippen LogP contribution < -0.4 is 10.1 Å².